The molecule has 0 fully saturated rings. The predicted molar refractivity (Wildman–Crippen MR) is 79.0 cm³/mol. The summed E-state index contributed by atoms with van der Waals surface area (Å²) in [6.45, 7) is 12.6. The molecule has 5 heteroatoms. The smallest absolute Gasteiger partial charge is 0.159 e. The molecule has 0 heterocycles. The molecular weight excluding hydrogens is 260 g/mol. The summed E-state index contributed by atoms with van der Waals surface area (Å²) in [5.41, 5.74) is 0. The number of ether oxygens (including phenoxy) is 5. The second-order valence-corrected chi connectivity index (χ2v) is 4.41. The van der Waals surface area contributed by atoms with E-state index in [9.17, 15) is 0 Å². The van der Waals surface area contributed by atoms with Gasteiger partial charge in [0, 0.05) is 32.8 Å². The third-order valence-corrected chi connectivity index (χ3v) is 2.69. The van der Waals surface area contributed by atoms with Crippen molar-refractivity contribution in [2.45, 2.75) is 52.9 Å². The second-order valence-electron chi connectivity index (χ2n) is 4.41. The van der Waals surface area contributed by atoms with Gasteiger partial charge in [0.05, 0.1) is 25.9 Å². The van der Waals surface area contributed by atoms with Crippen molar-refractivity contribution in [3.8, 4) is 0 Å². The van der Waals surface area contributed by atoms with E-state index in [0.717, 1.165) is 19.4 Å². The molecular formula is C15H32O5. The zero-order valence-corrected chi connectivity index (χ0v) is 13.6. The molecule has 0 aliphatic heterocycles. The van der Waals surface area contributed by atoms with E-state index < -0.39 is 0 Å². The average molecular weight is 292 g/mol. The van der Waals surface area contributed by atoms with Gasteiger partial charge in [-0.3, -0.25) is 0 Å². The topological polar surface area (TPSA) is 46.2 Å². The highest BCUT2D eigenvalue weighted by molar-refractivity contribution is 4.48. The molecule has 0 aromatic carbocycles. The van der Waals surface area contributed by atoms with E-state index in [4.69, 9.17) is 23.7 Å². The van der Waals surface area contributed by atoms with Crippen molar-refractivity contribution in [1.29, 1.82) is 0 Å². The summed E-state index contributed by atoms with van der Waals surface area (Å²) in [7, 11) is 0. The molecule has 0 aliphatic carbocycles. The number of hydrogen-bond donors (Lipinski definition) is 0. The zero-order valence-electron chi connectivity index (χ0n) is 13.6. The van der Waals surface area contributed by atoms with Gasteiger partial charge in [0.1, 0.15) is 0 Å². The van der Waals surface area contributed by atoms with Crippen molar-refractivity contribution < 1.29 is 23.7 Å². The van der Waals surface area contributed by atoms with Gasteiger partial charge in [0.15, 0.2) is 6.29 Å². The SMILES string of the molecule is CCOC(C)CCOCCOCCC(OCC)OCC. The molecule has 0 rings (SSSR count). The van der Waals surface area contributed by atoms with Crippen LogP contribution in [0.15, 0.2) is 0 Å². The molecule has 0 radical (unpaired) electrons. The summed E-state index contributed by atoms with van der Waals surface area (Å²) < 4.78 is 27.3. The minimum atomic E-state index is -0.155. The average Bonchev–Trinajstić information content (AvgIpc) is 2.42. The van der Waals surface area contributed by atoms with Gasteiger partial charge in [0.2, 0.25) is 0 Å². The summed E-state index contributed by atoms with van der Waals surface area (Å²) in [5, 5.41) is 0. The van der Waals surface area contributed by atoms with Gasteiger partial charge in [-0.05, 0) is 34.1 Å². The molecule has 0 amide bonds. The van der Waals surface area contributed by atoms with Crippen LogP contribution in [0, 0.1) is 0 Å². The number of rotatable bonds is 15. The first-order valence-corrected chi connectivity index (χ1v) is 7.74. The Hall–Kier alpha value is -0.200. The lowest BCUT2D eigenvalue weighted by Gasteiger charge is -2.16. The first-order valence-electron chi connectivity index (χ1n) is 7.74. The standard InChI is InChI=1S/C15H32O5/c1-5-18-14(4)8-10-16-12-13-17-11-9-15(19-6-2)20-7-3/h14-15H,5-13H2,1-4H3. The van der Waals surface area contributed by atoms with Gasteiger partial charge in [0.25, 0.3) is 0 Å². The minimum Gasteiger partial charge on any atom is -0.379 e. The van der Waals surface area contributed by atoms with Crippen LogP contribution in [0.4, 0.5) is 0 Å². The van der Waals surface area contributed by atoms with E-state index in [0.29, 0.717) is 39.6 Å². The Kier molecular flexibility index (Phi) is 15.0. The van der Waals surface area contributed by atoms with Gasteiger partial charge in [-0.15, -0.1) is 0 Å². The molecule has 1 atom stereocenters. The Morgan fingerprint density at radius 1 is 0.650 bits per heavy atom. The molecule has 5 nitrogen and oxygen atoms in total. The number of hydrogen-bond acceptors (Lipinski definition) is 5. The fourth-order valence-electron chi connectivity index (χ4n) is 1.71. The largest absolute Gasteiger partial charge is 0.379 e. The van der Waals surface area contributed by atoms with E-state index >= 15 is 0 Å². The van der Waals surface area contributed by atoms with Crippen LogP contribution in [0.1, 0.15) is 40.5 Å². The van der Waals surface area contributed by atoms with Crippen molar-refractivity contribution in [1.82, 2.24) is 0 Å². The summed E-state index contributed by atoms with van der Waals surface area (Å²) in [5.74, 6) is 0. The molecule has 20 heavy (non-hydrogen) atoms. The van der Waals surface area contributed by atoms with Gasteiger partial charge in [-0.25, -0.2) is 0 Å². The maximum atomic E-state index is 5.50. The van der Waals surface area contributed by atoms with Crippen LogP contribution in [-0.4, -0.2) is 58.6 Å². The first-order chi connectivity index (χ1) is 9.74. The third kappa shape index (κ3) is 12.8. The Balaban J connectivity index is 3.30. The molecule has 122 valence electrons. The van der Waals surface area contributed by atoms with Crippen molar-refractivity contribution in [2.24, 2.45) is 0 Å². The Labute approximate surface area is 123 Å². The lowest BCUT2D eigenvalue weighted by Crippen LogP contribution is -2.20. The molecule has 0 aliphatic rings. The van der Waals surface area contributed by atoms with Gasteiger partial charge < -0.3 is 23.7 Å². The maximum absolute atomic E-state index is 5.50. The van der Waals surface area contributed by atoms with Crippen LogP contribution in [0.5, 0.6) is 0 Å². The molecule has 0 spiro atoms. The Morgan fingerprint density at radius 2 is 1.15 bits per heavy atom. The maximum Gasteiger partial charge on any atom is 0.159 e. The fraction of sp³-hybridized carbons (Fsp3) is 1.00. The van der Waals surface area contributed by atoms with Crippen LogP contribution in [0.25, 0.3) is 0 Å². The van der Waals surface area contributed by atoms with Crippen LogP contribution in [0.3, 0.4) is 0 Å². The molecule has 0 aromatic heterocycles. The van der Waals surface area contributed by atoms with Crippen molar-refractivity contribution >= 4 is 0 Å². The predicted octanol–water partition coefficient (Wildman–Crippen LogP) is 2.62. The zero-order chi connectivity index (χ0) is 15.1. The van der Waals surface area contributed by atoms with Crippen molar-refractivity contribution in [2.75, 3.05) is 46.2 Å². The molecule has 1 unspecified atom stereocenters. The van der Waals surface area contributed by atoms with E-state index in [1.165, 1.54) is 0 Å². The lowest BCUT2D eigenvalue weighted by atomic mass is 10.3. The van der Waals surface area contributed by atoms with Crippen LogP contribution < -0.4 is 0 Å². The Morgan fingerprint density at radius 3 is 1.65 bits per heavy atom. The van der Waals surface area contributed by atoms with E-state index in [1.54, 1.807) is 0 Å². The summed E-state index contributed by atoms with van der Waals surface area (Å²) in [4.78, 5) is 0. The van der Waals surface area contributed by atoms with E-state index in [-0.39, 0.29) is 12.4 Å². The third-order valence-electron chi connectivity index (χ3n) is 2.69. The molecule has 0 bridgehead atoms. The van der Waals surface area contributed by atoms with Gasteiger partial charge >= 0.3 is 0 Å². The Bertz CT molecular complexity index is 183. The quantitative estimate of drug-likeness (QED) is 0.343. The first kappa shape index (κ1) is 19.8. The molecule has 0 saturated carbocycles. The lowest BCUT2D eigenvalue weighted by molar-refractivity contribution is -0.147. The molecule has 0 aromatic rings. The summed E-state index contributed by atoms with van der Waals surface area (Å²) >= 11 is 0. The normalized spacial score (nSPS) is 13.1. The monoisotopic (exact) mass is 292 g/mol. The van der Waals surface area contributed by atoms with E-state index in [1.807, 2.05) is 20.8 Å². The molecule has 0 saturated heterocycles. The van der Waals surface area contributed by atoms with Crippen molar-refractivity contribution in [3.63, 3.8) is 0 Å². The van der Waals surface area contributed by atoms with Crippen LogP contribution in [0.2, 0.25) is 0 Å². The highest BCUT2D eigenvalue weighted by Crippen LogP contribution is 2.01. The van der Waals surface area contributed by atoms with E-state index in [2.05, 4.69) is 6.92 Å². The summed E-state index contributed by atoms with van der Waals surface area (Å²) in [6.07, 6.45) is 1.78. The van der Waals surface area contributed by atoms with Gasteiger partial charge in [-0.2, -0.15) is 0 Å². The van der Waals surface area contributed by atoms with Crippen molar-refractivity contribution in [3.05, 3.63) is 0 Å². The second kappa shape index (κ2) is 15.2. The highest BCUT2D eigenvalue weighted by atomic mass is 16.7. The highest BCUT2D eigenvalue weighted by Gasteiger charge is 2.07. The molecule has 0 N–H and O–H groups in total. The van der Waals surface area contributed by atoms with Crippen LogP contribution in [-0.2, 0) is 23.7 Å². The fourth-order valence-corrected chi connectivity index (χ4v) is 1.71. The van der Waals surface area contributed by atoms with Crippen LogP contribution >= 0.6 is 0 Å². The van der Waals surface area contributed by atoms with Gasteiger partial charge in [-0.1, -0.05) is 0 Å². The summed E-state index contributed by atoms with van der Waals surface area (Å²) in [6, 6.07) is 0. The minimum absolute atomic E-state index is 0.155.